The van der Waals surface area contributed by atoms with Crippen molar-refractivity contribution in [2.45, 2.75) is 25.7 Å². The molecule has 0 amide bonds. The van der Waals surface area contributed by atoms with Crippen LogP contribution in [0.15, 0.2) is 133 Å². The molecule has 0 heterocycles. The number of para-hydroxylation sites is 1. The molecule has 0 aliphatic heterocycles. The minimum atomic E-state index is -0.459. The lowest BCUT2D eigenvalue weighted by atomic mass is 9.93. The third kappa shape index (κ3) is 5.84. The van der Waals surface area contributed by atoms with Crippen LogP contribution in [0.4, 0.5) is 0 Å². The van der Waals surface area contributed by atoms with Crippen LogP contribution in [0.3, 0.4) is 0 Å². The average molecular weight is 499 g/mol. The van der Waals surface area contributed by atoms with Crippen molar-refractivity contribution < 1.29 is 14.3 Å². The van der Waals surface area contributed by atoms with Gasteiger partial charge in [0, 0.05) is 11.8 Å². The Labute approximate surface area is 224 Å². The number of benzene rings is 5. The van der Waals surface area contributed by atoms with E-state index in [2.05, 4.69) is 62.4 Å². The zero-order valence-corrected chi connectivity index (χ0v) is 21.6. The molecule has 5 aromatic rings. The number of esters is 1. The molecule has 0 radical (unpaired) electrons. The van der Waals surface area contributed by atoms with Crippen LogP contribution in [0.1, 0.15) is 58.3 Å². The van der Waals surface area contributed by atoms with Crippen molar-refractivity contribution >= 4 is 5.97 Å². The highest BCUT2D eigenvalue weighted by Gasteiger charge is 2.16. The van der Waals surface area contributed by atoms with Gasteiger partial charge < -0.3 is 9.47 Å². The lowest BCUT2D eigenvalue weighted by Crippen LogP contribution is -2.10. The fourth-order valence-corrected chi connectivity index (χ4v) is 4.53. The topological polar surface area (TPSA) is 35.5 Å². The van der Waals surface area contributed by atoms with Crippen molar-refractivity contribution in [3.8, 4) is 17.2 Å². The van der Waals surface area contributed by atoms with Crippen LogP contribution in [-0.4, -0.2) is 5.97 Å². The van der Waals surface area contributed by atoms with Crippen LogP contribution < -0.4 is 9.47 Å². The van der Waals surface area contributed by atoms with Gasteiger partial charge in [-0.05, 0) is 58.7 Å². The van der Waals surface area contributed by atoms with Crippen LogP contribution in [0.25, 0.3) is 0 Å². The van der Waals surface area contributed by atoms with E-state index in [-0.39, 0.29) is 11.8 Å². The van der Waals surface area contributed by atoms with Gasteiger partial charge in [0.25, 0.3) is 0 Å². The van der Waals surface area contributed by atoms with Gasteiger partial charge in [-0.15, -0.1) is 0 Å². The lowest BCUT2D eigenvalue weighted by Gasteiger charge is -2.15. The number of hydrogen-bond donors (Lipinski definition) is 0. The highest BCUT2D eigenvalue weighted by molar-refractivity contribution is 5.94. The van der Waals surface area contributed by atoms with Gasteiger partial charge >= 0.3 is 5.97 Å². The maximum Gasteiger partial charge on any atom is 0.347 e. The van der Waals surface area contributed by atoms with Crippen molar-refractivity contribution in [2.75, 3.05) is 0 Å². The van der Waals surface area contributed by atoms with E-state index in [0.717, 1.165) is 5.56 Å². The van der Waals surface area contributed by atoms with E-state index in [0.29, 0.717) is 22.8 Å². The Morgan fingerprint density at radius 1 is 0.500 bits per heavy atom. The van der Waals surface area contributed by atoms with Crippen LogP contribution >= 0.6 is 0 Å². The van der Waals surface area contributed by atoms with E-state index in [1.54, 1.807) is 18.2 Å². The Kier molecular flexibility index (Phi) is 7.65. The normalized spacial score (nSPS) is 12.4. The highest BCUT2D eigenvalue weighted by Crippen LogP contribution is 2.30. The second-order valence-electron chi connectivity index (χ2n) is 9.39. The smallest absolute Gasteiger partial charge is 0.347 e. The number of carbonyl (C=O) groups excluding carboxylic acids is 1. The Morgan fingerprint density at radius 2 is 0.921 bits per heavy atom. The molecule has 5 aromatic carbocycles. The predicted octanol–water partition coefficient (Wildman–Crippen LogP) is 9.00. The summed E-state index contributed by atoms with van der Waals surface area (Å²) >= 11 is 0. The van der Waals surface area contributed by atoms with Crippen molar-refractivity contribution in [2.24, 2.45) is 0 Å². The molecule has 3 nitrogen and oxygen atoms in total. The summed E-state index contributed by atoms with van der Waals surface area (Å²) in [5.41, 5.74) is 5.23. The first-order valence-corrected chi connectivity index (χ1v) is 12.9. The van der Waals surface area contributed by atoms with E-state index < -0.39 is 5.97 Å². The maximum atomic E-state index is 13.1. The van der Waals surface area contributed by atoms with Gasteiger partial charge in [-0.1, -0.05) is 111 Å². The Bertz CT molecular complexity index is 1470. The Hall–Kier alpha value is -4.63. The molecule has 5 rings (SSSR count). The van der Waals surface area contributed by atoms with Crippen LogP contribution in [-0.2, 0) is 0 Å². The lowest BCUT2D eigenvalue weighted by molar-refractivity contribution is 0.0732. The first-order chi connectivity index (χ1) is 18.6. The molecule has 0 aromatic heterocycles. The molecule has 188 valence electrons. The Balaban J connectivity index is 1.26. The summed E-state index contributed by atoms with van der Waals surface area (Å²) in [6.07, 6.45) is 0. The minimum Gasteiger partial charge on any atom is -0.456 e. The quantitative estimate of drug-likeness (QED) is 0.158. The average Bonchev–Trinajstić information content (AvgIpc) is 2.98. The van der Waals surface area contributed by atoms with Gasteiger partial charge in [-0.25, -0.2) is 4.79 Å². The van der Waals surface area contributed by atoms with E-state index in [1.807, 2.05) is 66.7 Å². The van der Waals surface area contributed by atoms with Gasteiger partial charge in [-0.3, -0.25) is 0 Å². The molecule has 38 heavy (non-hydrogen) atoms. The molecular formula is C35H30O3. The van der Waals surface area contributed by atoms with Crippen molar-refractivity contribution in [3.63, 3.8) is 0 Å². The first-order valence-electron chi connectivity index (χ1n) is 12.9. The van der Waals surface area contributed by atoms with E-state index in [9.17, 15) is 4.79 Å². The van der Waals surface area contributed by atoms with E-state index in [1.165, 1.54) is 16.7 Å². The van der Waals surface area contributed by atoms with Gasteiger partial charge in [0.2, 0.25) is 0 Å². The monoisotopic (exact) mass is 498 g/mol. The maximum absolute atomic E-state index is 13.1. The zero-order valence-electron chi connectivity index (χ0n) is 21.6. The number of ether oxygens (including phenoxy) is 2. The summed E-state index contributed by atoms with van der Waals surface area (Å²) in [5.74, 6) is 1.67. The van der Waals surface area contributed by atoms with Gasteiger partial charge in [0.05, 0.1) is 0 Å². The molecule has 0 bridgehead atoms. The van der Waals surface area contributed by atoms with Crippen LogP contribution in [0, 0.1) is 0 Å². The summed E-state index contributed by atoms with van der Waals surface area (Å²) < 4.78 is 11.8. The number of hydrogen-bond acceptors (Lipinski definition) is 3. The molecular weight excluding hydrogens is 468 g/mol. The highest BCUT2D eigenvalue weighted by atomic mass is 16.5. The third-order valence-electron chi connectivity index (χ3n) is 6.90. The molecule has 0 N–H and O–H groups in total. The third-order valence-corrected chi connectivity index (χ3v) is 6.90. The summed E-state index contributed by atoms with van der Waals surface area (Å²) in [5, 5.41) is 0. The van der Waals surface area contributed by atoms with Crippen LogP contribution in [0.2, 0.25) is 0 Å². The summed E-state index contributed by atoms with van der Waals surface area (Å²) in [4.78, 5) is 13.1. The molecule has 0 saturated carbocycles. The van der Waals surface area contributed by atoms with Crippen molar-refractivity contribution in [1.29, 1.82) is 0 Å². The standard InChI is InChI=1S/C35H30O3/c1-25(27-11-5-3-6-12-27)29-17-21-31(22-18-29)37-34-16-10-9-15-33(34)35(36)38-32-23-19-30(20-24-32)26(2)28-13-7-4-8-14-28/h3-26H,1-2H3. The Morgan fingerprint density at radius 3 is 1.45 bits per heavy atom. The fraction of sp³-hybridized carbons (Fsp3) is 0.114. The van der Waals surface area contributed by atoms with E-state index >= 15 is 0 Å². The SMILES string of the molecule is CC(c1ccccc1)c1ccc(OC(=O)c2ccccc2Oc2ccc(C(C)c3ccccc3)cc2)cc1. The van der Waals surface area contributed by atoms with Crippen molar-refractivity contribution in [3.05, 3.63) is 161 Å². The van der Waals surface area contributed by atoms with Crippen LogP contribution in [0.5, 0.6) is 17.2 Å². The first kappa shape index (κ1) is 25.0. The molecule has 0 spiro atoms. The second-order valence-corrected chi connectivity index (χ2v) is 9.39. The molecule has 2 atom stereocenters. The molecule has 3 heteroatoms. The number of carbonyl (C=O) groups is 1. The fourth-order valence-electron chi connectivity index (χ4n) is 4.53. The molecule has 0 fully saturated rings. The largest absolute Gasteiger partial charge is 0.456 e. The molecule has 0 aliphatic carbocycles. The minimum absolute atomic E-state index is 0.247. The molecule has 2 unspecified atom stereocenters. The van der Waals surface area contributed by atoms with Gasteiger partial charge in [0.15, 0.2) is 0 Å². The summed E-state index contributed by atoms with van der Waals surface area (Å²) in [6.45, 7) is 4.35. The van der Waals surface area contributed by atoms with Crippen molar-refractivity contribution in [1.82, 2.24) is 0 Å². The van der Waals surface area contributed by atoms with E-state index in [4.69, 9.17) is 9.47 Å². The zero-order chi connectivity index (χ0) is 26.3. The molecule has 0 aliphatic rings. The summed E-state index contributed by atoms with van der Waals surface area (Å²) in [7, 11) is 0. The predicted molar refractivity (Wildman–Crippen MR) is 152 cm³/mol. The van der Waals surface area contributed by atoms with Gasteiger partial charge in [0.1, 0.15) is 22.8 Å². The summed E-state index contributed by atoms with van der Waals surface area (Å²) in [6, 6.07) is 43.5. The number of rotatable bonds is 8. The molecule has 0 saturated heterocycles. The van der Waals surface area contributed by atoms with Gasteiger partial charge in [-0.2, -0.15) is 0 Å². The second kappa shape index (κ2) is 11.6.